The van der Waals surface area contributed by atoms with Gasteiger partial charge in [-0.3, -0.25) is 19.2 Å². The molecule has 4 aliphatic rings. The van der Waals surface area contributed by atoms with Crippen molar-refractivity contribution in [2.24, 2.45) is 11.8 Å². The number of aliphatic hydroxyl groups excluding tert-OH is 1. The van der Waals surface area contributed by atoms with Gasteiger partial charge in [-0.1, -0.05) is 85.0 Å². The van der Waals surface area contributed by atoms with Crippen LogP contribution in [-0.2, 0) is 28.7 Å². The first kappa shape index (κ1) is 33.7. The Balaban J connectivity index is 1.31. The second kappa shape index (κ2) is 14.2. The second-order valence-electron chi connectivity index (χ2n) is 13.6. The number of hydrogen-bond donors (Lipinski definition) is 2. The number of unbranched alkanes of at least 4 members (excludes halogenated alkanes) is 2. The first-order chi connectivity index (χ1) is 24.3. The van der Waals surface area contributed by atoms with Gasteiger partial charge in [0, 0.05) is 31.8 Å². The van der Waals surface area contributed by atoms with E-state index in [-0.39, 0.29) is 43.8 Å². The monoisotopic (exact) mass is 677 g/mol. The first-order valence-electron chi connectivity index (χ1n) is 17.6. The summed E-state index contributed by atoms with van der Waals surface area (Å²) in [4.78, 5) is 60.3. The average molecular weight is 678 g/mol. The fourth-order valence-corrected chi connectivity index (χ4v) is 8.06. The average Bonchev–Trinajstić information content (AvgIpc) is 3.77. The molecule has 2 saturated heterocycles. The van der Waals surface area contributed by atoms with E-state index in [2.05, 4.69) is 5.32 Å². The summed E-state index contributed by atoms with van der Waals surface area (Å²) in [6.07, 6.45) is 8.26. The van der Waals surface area contributed by atoms with Gasteiger partial charge in [0.1, 0.15) is 23.7 Å². The number of rotatable bonds is 7. The van der Waals surface area contributed by atoms with Crippen LogP contribution < -0.4 is 10.2 Å². The largest absolute Gasteiger partial charge is 0.455 e. The molecule has 3 aromatic rings. The molecule has 4 heterocycles. The van der Waals surface area contributed by atoms with Gasteiger partial charge < -0.3 is 29.7 Å². The third kappa shape index (κ3) is 6.11. The number of aliphatic hydroxyl groups is 1. The summed E-state index contributed by atoms with van der Waals surface area (Å²) in [5.41, 5.74) is 0.00520. The van der Waals surface area contributed by atoms with Crippen molar-refractivity contribution in [2.45, 2.75) is 68.9 Å². The van der Waals surface area contributed by atoms with Crippen molar-refractivity contribution in [3.63, 3.8) is 0 Å². The Morgan fingerprint density at radius 3 is 2.48 bits per heavy atom. The fraction of sp³-hybridized carbons (Fsp3) is 0.400. The molecule has 5 bridgehead atoms. The van der Waals surface area contributed by atoms with Crippen molar-refractivity contribution >= 4 is 40.2 Å². The van der Waals surface area contributed by atoms with Gasteiger partial charge in [0.05, 0.1) is 18.1 Å². The lowest BCUT2D eigenvalue weighted by molar-refractivity contribution is -0.161. The molecule has 2 fully saturated rings. The molecule has 10 nitrogen and oxygen atoms in total. The van der Waals surface area contributed by atoms with Crippen molar-refractivity contribution < 1.29 is 33.8 Å². The molecule has 3 amide bonds. The number of nitrogens with zero attached hydrogens (tertiary/aromatic N) is 2. The predicted molar refractivity (Wildman–Crippen MR) is 188 cm³/mol. The van der Waals surface area contributed by atoms with Crippen LogP contribution in [0, 0.1) is 11.8 Å². The van der Waals surface area contributed by atoms with Gasteiger partial charge in [0.15, 0.2) is 0 Å². The Labute approximate surface area is 291 Å². The number of fused-ring (bicyclic) bond motifs is 3. The first-order valence-corrected chi connectivity index (χ1v) is 17.6. The van der Waals surface area contributed by atoms with Crippen LogP contribution >= 0.6 is 0 Å². The Hall–Kier alpha value is -4.80. The minimum absolute atomic E-state index is 0.0356. The number of benzene rings is 3. The Morgan fingerprint density at radius 2 is 1.68 bits per heavy atom. The van der Waals surface area contributed by atoms with E-state index < -0.39 is 47.7 Å². The Bertz CT molecular complexity index is 1830. The van der Waals surface area contributed by atoms with E-state index in [1.165, 1.54) is 0 Å². The molecule has 0 unspecified atom stereocenters. The smallest absolute Gasteiger partial charge is 0.313 e. The van der Waals surface area contributed by atoms with Crippen molar-refractivity contribution in [3.8, 4) is 0 Å². The quantitative estimate of drug-likeness (QED) is 0.212. The van der Waals surface area contributed by atoms with Gasteiger partial charge >= 0.3 is 5.97 Å². The van der Waals surface area contributed by atoms with E-state index in [1.807, 2.05) is 84.9 Å². The van der Waals surface area contributed by atoms with Crippen LogP contribution in [0.1, 0.15) is 50.7 Å². The van der Waals surface area contributed by atoms with Crippen molar-refractivity contribution in [1.82, 2.24) is 10.2 Å². The molecule has 10 heteroatoms. The molecule has 3 aromatic carbocycles. The normalized spacial score (nSPS) is 30.4. The van der Waals surface area contributed by atoms with E-state index in [9.17, 15) is 19.5 Å². The van der Waals surface area contributed by atoms with Gasteiger partial charge in [-0.25, -0.2) is 0 Å². The maximum Gasteiger partial charge on any atom is 0.313 e. The minimum Gasteiger partial charge on any atom is -0.455 e. The molecule has 4 aliphatic heterocycles. The van der Waals surface area contributed by atoms with E-state index in [0.29, 0.717) is 36.9 Å². The molecular weight excluding hydrogens is 634 g/mol. The number of allylic oxidation sites excluding steroid dienone is 1. The summed E-state index contributed by atoms with van der Waals surface area (Å²) in [5, 5.41) is 14.4. The third-order valence-electron chi connectivity index (χ3n) is 10.5. The zero-order valence-corrected chi connectivity index (χ0v) is 28.1. The highest BCUT2D eigenvalue weighted by Crippen LogP contribution is 2.56. The molecule has 260 valence electrons. The van der Waals surface area contributed by atoms with Gasteiger partial charge in [0.2, 0.25) is 11.8 Å². The number of carbonyl (C=O) groups is 4. The highest BCUT2D eigenvalue weighted by Gasteiger charge is 2.73. The van der Waals surface area contributed by atoms with E-state index in [1.54, 1.807) is 28.9 Å². The van der Waals surface area contributed by atoms with Gasteiger partial charge in [-0.05, 0) is 61.1 Å². The molecular formula is C40H43N3O7. The van der Waals surface area contributed by atoms with Crippen LogP contribution in [0.3, 0.4) is 0 Å². The van der Waals surface area contributed by atoms with Gasteiger partial charge in [-0.2, -0.15) is 0 Å². The van der Waals surface area contributed by atoms with Crippen LogP contribution in [0.5, 0.6) is 0 Å². The summed E-state index contributed by atoms with van der Waals surface area (Å²) in [6.45, 7) is 2.31. The lowest BCUT2D eigenvalue weighted by Gasteiger charge is -2.36. The molecule has 2 N–H and O–H groups in total. The van der Waals surface area contributed by atoms with Gasteiger partial charge in [-0.15, -0.1) is 0 Å². The molecule has 0 aromatic heterocycles. The minimum atomic E-state index is -1.37. The van der Waals surface area contributed by atoms with E-state index in [0.717, 1.165) is 10.8 Å². The van der Waals surface area contributed by atoms with Crippen LogP contribution in [0.15, 0.2) is 97.1 Å². The number of anilines is 1. The number of amides is 3. The zero-order chi connectivity index (χ0) is 34.8. The second-order valence-corrected chi connectivity index (χ2v) is 13.6. The Kier molecular flexibility index (Phi) is 9.57. The lowest BCUT2D eigenvalue weighted by Crippen LogP contribution is -2.56. The summed E-state index contributed by atoms with van der Waals surface area (Å²) in [7, 11) is 0. The number of carbonyl (C=O) groups excluding carboxylic acids is 4. The third-order valence-corrected chi connectivity index (χ3v) is 10.5. The molecule has 7 rings (SSSR count). The number of likely N-dealkylation sites (tertiary alicyclic amines) is 1. The highest BCUT2D eigenvalue weighted by atomic mass is 16.6. The molecule has 0 aliphatic carbocycles. The highest BCUT2D eigenvalue weighted by molar-refractivity contribution is 6.06. The zero-order valence-electron chi connectivity index (χ0n) is 28.1. The summed E-state index contributed by atoms with van der Waals surface area (Å²) in [6, 6.07) is 21.4. The summed E-state index contributed by atoms with van der Waals surface area (Å²) in [5.74, 6) is -3.40. The van der Waals surface area contributed by atoms with Crippen LogP contribution in [0.2, 0.25) is 0 Å². The lowest BCUT2D eigenvalue weighted by atomic mass is 9.74. The number of nitrogens with one attached hydrogen (secondary N) is 1. The maximum atomic E-state index is 15.1. The van der Waals surface area contributed by atoms with Crippen molar-refractivity contribution in [1.29, 1.82) is 0 Å². The number of esters is 1. The summed E-state index contributed by atoms with van der Waals surface area (Å²) < 4.78 is 12.8. The SMILES string of the molecule is C[C@@H]1NC(=O)CC/C=C\CN(c2ccc3ccccc3c2)C(=O)[C@H]2N(CCCCCO)C(=O)[C@@H]3[C@@H](C(=O)O[C@H]1c1ccccc1)[C@H]1C=C[C@]32O1. The van der Waals surface area contributed by atoms with Crippen LogP contribution in [-0.4, -0.2) is 77.2 Å². The molecule has 0 radical (unpaired) electrons. The van der Waals surface area contributed by atoms with E-state index >= 15 is 4.79 Å². The topological polar surface area (TPSA) is 125 Å². The molecule has 1 spiro atoms. The van der Waals surface area contributed by atoms with Gasteiger partial charge in [0.25, 0.3) is 5.91 Å². The van der Waals surface area contributed by atoms with Crippen LogP contribution in [0.25, 0.3) is 10.8 Å². The Morgan fingerprint density at radius 1 is 0.900 bits per heavy atom. The summed E-state index contributed by atoms with van der Waals surface area (Å²) >= 11 is 0. The van der Waals surface area contributed by atoms with Crippen LogP contribution in [0.4, 0.5) is 5.69 Å². The van der Waals surface area contributed by atoms with Crippen molar-refractivity contribution in [3.05, 3.63) is 103 Å². The maximum absolute atomic E-state index is 15.1. The molecule has 50 heavy (non-hydrogen) atoms. The molecule has 0 saturated carbocycles. The predicted octanol–water partition coefficient (Wildman–Crippen LogP) is 4.63. The van der Waals surface area contributed by atoms with Crippen molar-refractivity contribution in [2.75, 3.05) is 24.6 Å². The number of hydrogen-bond acceptors (Lipinski definition) is 7. The fourth-order valence-electron chi connectivity index (χ4n) is 8.06. The van der Waals surface area contributed by atoms with E-state index in [4.69, 9.17) is 9.47 Å². The molecule has 7 atom stereocenters. The standard InChI is InChI=1S/C40H43N3O7/c1-26-35(28-14-5-2-6-15-28)49-39(48)33-31-20-21-40(50-31)34(33)37(46)43(23-11-4-12-24-44)36(40)38(47)42(22-10-3-7-17-32(45)41-26)30-19-18-27-13-8-9-16-29(27)25-30/h2-3,5-6,8-10,13-16,18-21,25-26,31,33-36,44H,4,7,11-12,17,22-24H2,1H3,(H,41,45)/b10-3-/t26-,31+,33-,34-,35+,36+,40-/m0/s1. The number of cyclic esters (lactones) is 1. The number of ether oxygens (including phenoxy) is 2.